The van der Waals surface area contributed by atoms with Crippen LogP contribution < -0.4 is 4.18 Å². The molecule has 1 rings (SSSR count). The van der Waals surface area contributed by atoms with Gasteiger partial charge in [-0.15, -0.1) is 0 Å². The molecule has 0 atom stereocenters. The van der Waals surface area contributed by atoms with Crippen molar-refractivity contribution in [1.82, 2.24) is 9.97 Å². The zero-order valence-corrected chi connectivity index (χ0v) is 8.99. The normalized spacial score (nSPS) is 11.4. The summed E-state index contributed by atoms with van der Waals surface area (Å²) in [4.78, 5) is 6.42. The lowest BCUT2D eigenvalue weighted by Gasteiger charge is -2.01. The van der Waals surface area contributed by atoms with E-state index >= 15 is 0 Å². The van der Waals surface area contributed by atoms with E-state index in [0.29, 0.717) is 0 Å². The second-order valence-electron chi connectivity index (χ2n) is 2.19. The number of halogens is 3. The van der Waals surface area contributed by atoms with Crippen LogP contribution in [-0.2, 0) is 10.1 Å². The van der Waals surface area contributed by atoms with Crippen LogP contribution in [0.3, 0.4) is 0 Å². The van der Waals surface area contributed by atoms with E-state index in [-0.39, 0.29) is 0 Å². The zero-order valence-electron chi connectivity index (χ0n) is 6.66. The molecule has 0 aromatic carbocycles. The molecular weight excluding hydrogens is 258 g/mol. The fourth-order valence-electron chi connectivity index (χ4n) is 0.549. The second kappa shape index (κ2) is 3.84. The molecule has 0 aliphatic carbocycles. The maximum atomic E-state index is 12.7. The summed E-state index contributed by atoms with van der Waals surface area (Å²) in [5.74, 6) is -1.03. The third-order valence-corrected chi connectivity index (χ3v) is 1.93. The highest BCUT2D eigenvalue weighted by Crippen LogP contribution is 2.21. The van der Waals surface area contributed by atoms with E-state index < -0.39 is 32.3 Å². The van der Waals surface area contributed by atoms with Gasteiger partial charge in [0.05, 0.1) is 6.26 Å². The van der Waals surface area contributed by atoms with Crippen LogP contribution in [0.25, 0.3) is 0 Å². The molecule has 0 unspecified atom stereocenters. The molecule has 1 heterocycles. The lowest BCUT2D eigenvalue weighted by molar-refractivity contribution is 0.466. The topological polar surface area (TPSA) is 69.2 Å². The molecular formula is C5H3Cl2FN2O3S. The van der Waals surface area contributed by atoms with Crippen molar-refractivity contribution >= 4 is 33.3 Å². The van der Waals surface area contributed by atoms with E-state index in [4.69, 9.17) is 23.2 Å². The molecule has 0 amide bonds. The number of aromatic nitrogens is 2. The Labute approximate surface area is 89.0 Å². The Morgan fingerprint density at radius 3 is 2.07 bits per heavy atom. The highest BCUT2D eigenvalue weighted by atomic mass is 35.5. The van der Waals surface area contributed by atoms with Gasteiger partial charge in [-0.1, -0.05) is 23.2 Å². The Morgan fingerprint density at radius 1 is 1.29 bits per heavy atom. The predicted octanol–water partition coefficient (Wildman–Crippen LogP) is 1.26. The highest BCUT2D eigenvalue weighted by Gasteiger charge is 2.14. The largest absolute Gasteiger partial charge is 0.343 e. The van der Waals surface area contributed by atoms with Crippen molar-refractivity contribution in [3.63, 3.8) is 0 Å². The van der Waals surface area contributed by atoms with E-state index in [2.05, 4.69) is 14.2 Å². The molecule has 0 saturated heterocycles. The summed E-state index contributed by atoms with van der Waals surface area (Å²) >= 11 is 10.5. The lowest BCUT2D eigenvalue weighted by atomic mass is 10.6. The van der Waals surface area contributed by atoms with Gasteiger partial charge in [0.25, 0.3) is 0 Å². The van der Waals surface area contributed by atoms with Crippen LogP contribution in [-0.4, -0.2) is 24.6 Å². The van der Waals surface area contributed by atoms with Gasteiger partial charge >= 0.3 is 16.1 Å². The molecule has 0 radical (unpaired) electrons. The summed E-state index contributed by atoms with van der Waals surface area (Å²) in [6.45, 7) is 0. The van der Waals surface area contributed by atoms with Crippen LogP contribution in [0, 0.1) is 5.82 Å². The summed E-state index contributed by atoms with van der Waals surface area (Å²) in [5.41, 5.74) is 0. The van der Waals surface area contributed by atoms with Crippen LogP contribution >= 0.6 is 23.2 Å². The Hall–Kier alpha value is -0.660. The van der Waals surface area contributed by atoms with E-state index in [1.807, 2.05) is 0 Å². The smallest absolute Gasteiger partial charge is 0.335 e. The first-order valence-corrected chi connectivity index (χ1v) is 5.65. The van der Waals surface area contributed by atoms with Gasteiger partial charge in [0, 0.05) is 0 Å². The molecule has 0 N–H and O–H groups in total. The monoisotopic (exact) mass is 260 g/mol. The Balaban J connectivity index is 3.14. The molecule has 0 saturated carbocycles. The Kier molecular flexibility index (Phi) is 3.13. The van der Waals surface area contributed by atoms with E-state index in [0.717, 1.165) is 6.26 Å². The standard InChI is InChI=1S/C5H3Cl2FN2O3S/c1-14(11,12)13-5-9-3(6)2(8)4(7)10-5/h1H3. The average molecular weight is 261 g/mol. The first-order valence-electron chi connectivity index (χ1n) is 3.07. The van der Waals surface area contributed by atoms with Crippen molar-refractivity contribution in [3.8, 4) is 6.01 Å². The average Bonchev–Trinajstić information content (AvgIpc) is 1.96. The van der Waals surface area contributed by atoms with Gasteiger partial charge in [-0.2, -0.15) is 18.4 Å². The summed E-state index contributed by atoms with van der Waals surface area (Å²) in [7, 11) is -3.79. The Bertz CT molecular complexity index is 441. The van der Waals surface area contributed by atoms with Gasteiger partial charge < -0.3 is 4.18 Å². The first kappa shape index (κ1) is 11.4. The maximum Gasteiger partial charge on any atom is 0.335 e. The maximum absolute atomic E-state index is 12.7. The second-order valence-corrected chi connectivity index (χ2v) is 4.48. The van der Waals surface area contributed by atoms with Crippen LogP contribution in [0.4, 0.5) is 4.39 Å². The molecule has 0 fully saturated rings. The summed E-state index contributed by atoms with van der Waals surface area (Å²) in [6, 6.07) is -0.621. The van der Waals surface area contributed by atoms with Crippen molar-refractivity contribution in [1.29, 1.82) is 0 Å². The van der Waals surface area contributed by atoms with Crippen molar-refractivity contribution in [2.45, 2.75) is 0 Å². The molecule has 9 heteroatoms. The summed E-state index contributed by atoms with van der Waals surface area (Å²) < 4.78 is 38.2. The molecule has 0 aliphatic rings. The van der Waals surface area contributed by atoms with Gasteiger partial charge in [-0.05, 0) is 0 Å². The van der Waals surface area contributed by atoms with Crippen LogP contribution in [0.2, 0.25) is 10.3 Å². The van der Waals surface area contributed by atoms with E-state index in [1.54, 1.807) is 0 Å². The quantitative estimate of drug-likeness (QED) is 0.592. The van der Waals surface area contributed by atoms with E-state index in [1.165, 1.54) is 0 Å². The van der Waals surface area contributed by atoms with Gasteiger partial charge in [-0.25, -0.2) is 4.39 Å². The van der Waals surface area contributed by atoms with Gasteiger partial charge in [0.1, 0.15) is 0 Å². The minimum atomic E-state index is -3.79. The van der Waals surface area contributed by atoms with Crippen LogP contribution in [0.5, 0.6) is 6.01 Å². The fraction of sp³-hybridized carbons (Fsp3) is 0.200. The molecule has 1 aromatic heterocycles. The number of hydrogen-bond donors (Lipinski definition) is 0. The zero-order chi connectivity index (χ0) is 10.9. The number of nitrogens with zero attached hydrogens (tertiary/aromatic N) is 2. The fourth-order valence-corrected chi connectivity index (χ4v) is 1.27. The van der Waals surface area contributed by atoms with Crippen LogP contribution in [0.1, 0.15) is 0 Å². The molecule has 78 valence electrons. The van der Waals surface area contributed by atoms with Crippen molar-refractivity contribution in [2.24, 2.45) is 0 Å². The number of hydrogen-bond acceptors (Lipinski definition) is 5. The molecule has 0 aliphatic heterocycles. The highest BCUT2D eigenvalue weighted by molar-refractivity contribution is 7.86. The lowest BCUT2D eigenvalue weighted by Crippen LogP contribution is -2.09. The Morgan fingerprint density at radius 2 is 1.71 bits per heavy atom. The third-order valence-electron chi connectivity index (χ3n) is 0.976. The third kappa shape index (κ3) is 2.93. The van der Waals surface area contributed by atoms with Crippen molar-refractivity contribution < 1.29 is 17.0 Å². The van der Waals surface area contributed by atoms with Crippen LogP contribution in [0.15, 0.2) is 0 Å². The predicted molar refractivity (Wildman–Crippen MR) is 47.5 cm³/mol. The van der Waals surface area contributed by atoms with Crippen molar-refractivity contribution in [2.75, 3.05) is 6.26 Å². The molecule has 14 heavy (non-hydrogen) atoms. The summed E-state index contributed by atoms with van der Waals surface area (Å²) in [5, 5.41) is -1.22. The minimum Gasteiger partial charge on any atom is -0.343 e. The molecule has 1 aromatic rings. The molecule has 0 spiro atoms. The molecule has 0 bridgehead atoms. The minimum absolute atomic E-state index is 0.608. The number of rotatable bonds is 2. The summed E-state index contributed by atoms with van der Waals surface area (Å²) in [6.07, 6.45) is 0.779. The van der Waals surface area contributed by atoms with Crippen molar-refractivity contribution in [3.05, 3.63) is 16.1 Å². The molecule has 5 nitrogen and oxygen atoms in total. The first-order chi connectivity index (χ1) is 6.29. The van der Waals surface area contributed by atoms with Gasteiger partial charge in [0.2, 0.25) is 0 Å². The van der Waals surface area contributed by atoms with E-state index in [9.17, 15) is 12.8 Å². The SMILES string of the molecule is CS(=O)(=O)Oc1nc(Cl)c(F)c(Cl)n1. The van der Waals surface area contributed by atoms with Gasteiger partial charge in [-0.3, -0.25) is 0 Å². The van der Waals surface area contributed by atoms with Gasteiger partial charge in [0.15, 0.2) is 16.1 Å².